The zero-order valence-electron chi connectivity index (χ0n) is 28.6. The molecule has 0 atom stereocenters. The fourth-order valence-electron chi connectivity index (χ4n) is 6.93. The minimum atomic E-state index is -4.63. The third-order valence-electron chi connectivity index (χ3n) is 9.63. The standard InChI is InChI=1S/C39H39F5N4O2S/c1-24(2)46-18-16-29(17-19-46)47(22-26-12-15-31(27-8-5-4-6-9-27)32(20-26)39(42,43)44)35(50)23-48-30(14-13-28-10-7-11-33(40)36(28)41)21-34(49)37-38(48)45-25(3)51-37/h4-12,15,20-21,24,29H,13-14,16-19,22-23H2,1-3H3. The average molecular weight is 723 g/mol. The number of fused-ring (bicyclic) bond motifs is 1. The van der Waals surface area contributed by atoms with Crippen molar-refractivity contribution in [2.45, 2.75) is 77.8 Å². The van der Waals surface area contributed by atoms with Crippen LogP contribution in [0.25, 0.3) is 21.5 Å². The van der Waals surface area contributed by atoms with Gasteiger partial charge in [-0.2, -0.15) is 13.2 Å². The molecule has 6 rings (SSSR count). The zero-order valence-corrected chi connectivity index (χ0v) is 29.5. The van der Waals surface area contributed by atoms with Crippen LogP contribution in [0.2, 0.25) is 0 Å². The Balaban J connectivity index is 1.37. The van der Waals surface area contributed by atoms with Crippen molar-refractivity contribution in [2.24, 2.45) is 0 Å². The number of piperidine rings is 1. The van der Waals surface area contributed by atoms with Gasteiger partial charge in [0.15, 0.2) is 17.3 Å². The summed E-state index contributed by atoms with van der Waals surface area (Å²) in [6, 6.07) is 18.0. The third kappa shape index (κ3) is 8.07. The molecule has 51 heavy (non-hydrogen) atoms. The summed E-state index contributed by atoms with van der Waals surface area (Å²) in [5.74, 6) is -2.29. The predicted molar refractivity (Wildman–Crippen MR) is 190 cm³/mol. The lowest BCUT2D eigenvalue weighted by molar-refractivity contribution is -0.137. The number of benzene rings is 3. The Hall–Kier alpha value is -4.42. The van der Waals surface area contributed by atoms with Crippen LogP contribution in [0, 0.1) is 18.6 Å². The van der Waals surface area contributed by atoms with E-state index in [9.17, 15) is 31.5 Å². The van der Waals surface area contributed by atoms with Gasteiger partial charge in [0.2, 0.25) is 11.3 Å². The maximum absolute atomic E-state index is 14.6. The second kappa shape index (κ2) is 15.1. The normalized spacial score (nSPS) is 14.5. The fourth-order valence-corrected chi connectivity index (χ4v) is 7.76. The number of aryl methyl sites for hydroxylation is 3. The fraction of sp³-hybridized carbons (Fsp3) is 0.359. The molecule has 0 spiro atoms. The number of alkyl halides is 3. The lowest BCUT2D eigenvalue weighted by Crippen LogP contribution is -2.49. The van der Waals surface area contributed by atoms with Crippen molar-refractivity contribution in [3.05, 3.63) is 122 Å². The van der Waals surface area contributed by atoms with E-state index in [0.717, 1.165) is 25.2 Å². The molecular formula is C39H39F5N4O2S. The number of amides is 1. The van der Waals surface area contributed by atoms with E-state index in [-0.39, 0.29) is 54.4 Å². The molecule has 1 saturated heterocycles. The molecule has 12 heteroatoms. The molecule has 3 aromatic carbocycles. The average Bonchev–Trinajstić information content (AvgIpc) is 3.51. The monoisotopic (exact) mass is 722 g/mol. The Morgan fingerprint density at radius 2 is 1.71 bits per heavy atom. The van der Waals surface area contributed by atoms with Crippen LogP contribution >= 0.6 is 11.3 Å². The summed E-state index contributed by atoms with van der Waals surface area (Å²) in [6.07, 6.45) is -3.16. The number of nitrogens with zero attached hydrogens (tertiary/aromatic N) is 4. The molecule has 0 unspecified atom stereocenters. The Bertz CT molecular complexity index is 2090. The van der Waals surface area contributed by atoms with Gasteiger partial charge in [-0.1, -0.05) is 54.6 Å². The van der Waals surface area contributed by atoms with E-state index in [1.165, 1.54) is 35.6 Å². The van der Waals surface area contributed by atoms with Gasteiger partial charge in [0, 0.05) is 43.5 Å². The van der Waals surface area contributed by atoms with E-state index in [0.29, 0.717) is 51.1 Å². The highest BCUT2D eigenvalue weighted by Crippen LogP contribution is 2.38. The second-order valence-corrected chi connectivity index (χ2v) is 14.5. The van der Waals surface area contributed by atoms with Gasteiger partial charge in [-0.3, -0.25) is 9.59 Å². The zero-order chi connectivity index (χ0) is 36.4. The van der Waals surface area contributed by atoms with Crippen LogP contribution in [-0.2, 0) is 36.9 Å². The number of thiazole rings is 1. The molecule has 1 fully saturated rings. The first-order valence-corrected chi connectivity index (χ1v) is 17.8. The van der Waals surface area contributed by atoms with E-state index in [4.69, 9.17) is 0 Å². The molecule has 0 saturated carbocycles. The number of carbonyl (C=O) groups excluding carboxylic acids is 1. The van der Waals surface area contributed by atoms with Gasteiger partial charge in [0.1, 0.15) is 11.2 Å². The smallest absolute Gasteiger partial charge is 0.334 e. The quantitative estimate of drug-likeness (QED) is 0.136. The molecular weight excluding hydrogens is 684 g/mol. The SMILES string of the molecule is Cc1nc2c(s1)c(=O)cc(CCc1cccc(F)c1F)n2CC(=O)N(Cc1ccc(-c2ccccc2)c(C(F)(F)F)c1)C1CCN(C(C)C)CC1. The predicted octanol–water partition coefficient (Wildman–Crippen LogP) is 8.42. The van der Waals surface area contributed by atoms with Gasteiger partial charge in [0.25, 0.3) is 0 Å². The highest BCUT2D eigenvalue weighted by molar-refractivity contribution is 7.18. The summed E-state index contributed by atoms with van der Waals surface area (Å²) in [5.41, 5.74) is 0.655. The number of hydrogen-bond donors (Lipinski definition) is 0. The number of rotatable bonds is 10. The largest absolute Gasteiger partial charge is 0.417 e. The van der Waals surface area contributed by atoms with E-state index in [1.54, 1.807) is 52.8 Å². The van der Waals surface area contributed by atoms with Gasteiger partial charge in [-0.05, 0) is 80.8 Å². The van der Waals surface area contributed by atoms with Crippen LogP contribution in [-0.4, -0.2) is 50.4 Å². The Morgan fingerprint density at radius 1 is 0.980 bits per heavy atom. The summed E-state index contributed by atoms with van der Waals surface area (Å²) in [6.45, 7) is 7.13. The van der Waals surface area contributed by atoms with Crippen LogP contribution in [0.4, 0.5) is 22.0 Å². The molecule has 0 N–H and O–H groups in total. The highest BCUT2D eigenvalue weighted by Gasteiger charge is 2.35. The summed E-state index contributed by atoms with van der Waals surface area (Å²) in [5, 5.41) is 0.618. The number of carbonyl (C=O) groups is 1. The molecule has 6 nitrogen and oxygen atoms in total. The van der Waals surface area contributed by atoms with Crippen LogP contribution in [0.1, 0.15) is 54.1 Å². The van der Waals surface area contributed by atoms with Crippen molar-refractivity contribution in [1.29, 1.82) is 0 Å². The van der Waals surface area contributed by atoms with E-state index in [1.807, 2.05) is 0 Å². The molecule has 1 aliphatic heterocycles. The van der Waals surface area contributed by atoms with Crippen molar-refractivity contribution in [3.8, 4) is 11.1 Å². The minimum Gasteiger partial charge on any atom is -0.334 e. The lowest BCUT2D eigenvalue weighted by atomic mass is 9.96. The maximum atomic E-state index is 14.6. The molecule has 2 aromatic heterocycles. The summed E-state index contributed by atoms with van der Waals surface area (Å²) < 4.78 is 74.0. The van der Waals surface area contributed by atoms with Crippen molar-refractivity contribution in [1.82, 2.24) is 19.4 Å². The van der Waals surface area contributed by atoms with E-state index >= 15 is 0 Å². The topological polar surface area (TPSA) is 58.4 Å². The molecule has 1 aliphatic rings. The second-order valence-electron chi connectivity index (χ2n) is 13.3. The lowest BCUT2D eigenvalue weighted by Gasteiger charge is -2.40. The van der Waals surface area contributed by atoms with Crippen molar-refractivity contribution in [3.63, 3.8) is 0 Å². The third-order valence-corrected chi connectivity index (χ3v) is 10.6. The first kappa shape index (κ1) is 36.4. The molecule has 0 bridgehead atoms. The summed E-state index contributed by atoms with van der Waals surface area (Å²) >= 11 is 1.20. The first-order chi connectivity index (χ1) is 24.3. The van der Waals surface area contributed by atoms with Crippen molar-refractivity contribution in [2.75, 3.05) is 13.1 Å². The van der Waals surface area contributed by atoms with Crippen molar-refractivity contribution < 1.29 is 26.7 Å². The number of aromatic nitrogens is 2. The number of likely N-dealkylation sites (tertiary alicyclic amines) is 1. The first-order valence-electron chi connectivity index (χ1n) is 17.0. The number of hydrogen-bond acceptors (Lipinski definition) is 5. The van der Waals surface area contributed by atoms with Crippen LogP contribution < -0.4 is 5.43 Å². The Kier molecular flexibility index (Phi) is 10.7. The number of halogens is 5. The van der Waals surface area contributed by atoms with Gasteiger partial charge >= 0.3 is 6.18 Å². The molecule has 1 amide bonds. The Morgan fingerprint density at radius 3 is 2.39 bits per heavy atom. The highest BCUT2D eigenvalue weighted by atomic mass is 32.1. The van der Waals surface area contributed by atoms with Crippen molar-refractivity contribution >= 4 is 27.6 Å². The molecule has 0 aliphatic carbocycles. The van der Waals surface area contributed by atoms with Gasteiger partial charge in [-0.15, -0.1) is 11.3 Å². The van der Waals surface area contributed by atoms with Crippen LogP contribution in [0.5, 0.6) is 0 Å². The van der Waals surface area contributed by atoms with Crippen LogP contribution in [0.15, 0.2) is 77.6 Å². The minimum absolute atomic E-state index is 0.0490. The Labute approximate surface area is 297 Å². The van der Waals surface area contributed by atoms with Gasteiger partial charge < -0.3 is 14.4 Å². The molecule has 3 heterocycles. The molecule has 268 valence electrons. The molecule has 5 aromatic rings. The van der Waals surface area contributed by atoms with Crippen LogP contribution in [0.3, 0.4) is 0 Å². The van der Waals surface area contributed by atoms with Gasteiger partial charge in [0.05, 0.1) is 10.6 Å². The summed E-state index contributed by atoms with van der Waals surface area (Å²) in [7, 11) is 0. The number of pyridine rings is 1. The summed E-state index contributed by atoms with van der Waals surface area (Å²) in [4.78, 5) is 36.2. The van der Waals surface area contributed by atoms with E-state index < -0.39 is 23.4 Å². The molecule has 0 radical (unpaired) electrons. The van der Waals surface area contributed by atoms with Gasteiger partial charge in [-0.25, -0.2) is 13.8 Å². The van der Waals surface area contributed by atoms with E-state index in [2.05, 4.69) is 23.7 Å². The maximum Gasteiger partial charge on any atom is 0.417 e.